The number of nitrogens with zero attached hydrogens (tertiary/aromatic N) is 3. The predicted octanol–water partition coefficient (Wildman–Crippen LogP) is 2.23. The Morgan fingerprint density at radius 2 is 1.95 bits per heavy atom. The highest BCUT2D eigenvalue weighted by molar-refractivity contribution is 5.76. The molecule has 0 N–H and O–H groups in total. The van der Waals surface area contributed by atoms with Gasteiger partial charge in [0.1, 0.15) is 0 Å². The lowest BCUT2D eigenvalue weighted by atomic mass is 9.92. The zero-order chi connectivity index (χ0) is 14.8. The molecule has 0 bridgehead atoms. The molecule has 1 aromatic rings. The van der Waals surface area contributed by atoms with Crippen molar-refractivity contribution in [1.82, 2.24) is 14.7 Å². The molecule has 0 unspecified atom stereocenters. The van der Waals surface area contributed by atoms with Crippen LogP contribution in [0.5, 0.6) is 0 Å². The Bertz CT molecular complexity index is 484. The van der Waals surface area contributed by atoms with E-state index in [0.717, 1.165) is 39.1 Å². The molecule has 0 radical (unpaired) electrons. The number of amides is 2. The third kappa shape index (κ3) is 2.91. The summed E-state index contributed by atoms with van der Waals surface area (Å²) in [5.74, 6) is 0.514. The molecule has 4 nitrogen and oxygen atoms in total. The Hall–Kier alpha value is -1.55. The van der Waals surface area contributed by atoms with Gasteiger partial charge in [0.25, 0.3) is 0 Å². The molecule has 2 aliphatic rings. The van der Waals surface area contributed by atoms with E-state index in [-0.39, 0.29) is 6.03 Å². The Morgan fingerprint density at radius 3 is 2.52 bits per heavy atom. The van der Waals surface area contributed by atoms with Crippen molar-refractivity contribution in [1.29, 1.82) is 0 Å². The van der Waals surface area contributed by atoms with Crippen LogP contribution in [0.1, 0.15) is 24.8 Å². The molecule has 114 valence electrons. The van der Waals surface area contributed by atoms with E-state index in [1.54, 1.807) is 0 Å². The maximum absolute atomic E-state index is 12.7. The Kier molecular flexibility index (Phi) is 4.15. The van der Waals surface area contributed by atoms with Crippen molar-refractivity contribution in [3.63, 3.8) is 0 Å². The van der Waals surface area contributed by atoms with Gasteiger partial charge in [-0.05, 0) is 32.5 Å². The van der Waals surface area contributed by atoms with Crippen LogP contribution >= 0.6 is 0 Å². The molecule has 2 amide bonds. The van der Waals surface area contributed by atoms with Crippen LogP contribution in [0.3, 0.4) is 0 Å². The van der Waals surface area contributed by atoms with Gasteiger partial charge in [-0.25, -0.2) is 4.79 Å². The van der Waals surface area contributed by atoms with E-state index in [4.69, 9.17) is 0 Å². The second-order valence-electron chi connectivity index (χ2n) is 6.29. The van der Waals surface area contributed by atoms with E-state index >= 15 is 0 Å². The number of rotatable bonds is 3. The fraction of sp³-hybridized carbons (Fsp3) is 0.588. The summed E-state index contributed by atoms with van der Waals surface area (Å²) >= 11 is 0. The van der Waals surface area contributed by atoms with E-state index in [2.05, 4.69) is 48.0 Å². The number of urea groups is 1. The highest BCUT2D eigenvalue weighted by Crippen LogP contribution is 2.28. The van der Waals surface area contributed by atoms with Crippen molar-refractivity contribution in [3.8, 4) is 0 Å². The zero-order valence-corrected chi connectivity index (χ0v) is 13.0. The first kappa shape index (κ1) is 14.4. The molecular weight excluding hydrogens is 262 g/mol. The smallest absolute Gasteiger partial charge is 0.320 e. The summed E-state index contributed by atoms with van der Waals surface area (Å²) in [5.41, 5.74) is 1.35. The number of likely N-dealkylation sites (tertiary alicyclic amines) is 2. The molecule has 2 heterocycles. The van der Waals surface area contributed by atoms with Crippen LogP contribution in [0.25, 0.3) is 0 Å². The van der Waals surface area contributed by atoms with E-state index in [0.29, 0.717) is 12.0 Å². The Balaban J connectivity index is 1.57. The molecule has 0 saturated carbocycles. The molecule has 0 aliphatic carbocycles. The van der Waals surface area contributed by atoms with Crippen LogP contribution < -0.4 is 0 Å². The van der Waals surface area contributed by atoms with Crippen molar-refractivity contribution >= 4 is 6.03 Å². The second-order valence-corrected chi connectivity index (χ2v) is 6.29. The molecule has 2 saturated heterocycles. The van der Waals surface area contributed by atoms with E-state index in [1.807, 2.05) is 11.0 Å². The van der Waals surface area contributed by atoms with Gasteiger partial charge in [0.05, 0.1) is 0 Å². The summed E-state index contributed by atoms with van der Waals surface area (Å²) in [4.78, 5) is 19.0. The number of hydrogen-bond acceptors (Lipinski definition) is 2. The number of hydrogen-bond donors (Lipinski definition) is 0. The minimum absolute atomic E-state index is 0.227. The largest absolute Gasteiger partial charge is 0.323 e. The van der Waals surface area contributed by atoms with Gasteiger partial charge < -0.3 is 14.7 Å². The molecule has 4 heteroatoms. The average Bonchev–Trinajstić information content (AvgIpc) is 2.86. The molecule has 2 fully saturated rings. The van der Waals surface area contributed by atoms with Gasteiger partial charge in [0, 0.05) is 38.1 Å². The summed E-state index contributed by atoms with van der Waals surface area (Å²) in [6.45, 7) is 6.73. The molecule has 0 spiro atoms. The van der Waals surface area contributed by atoms with Gasteiger partial charge in [0.2, 0.25) is 0 Å². The van der Waals surface area contributed by atoms with Crippen molar-refractivity contribution < 1.29 is 4.79 Å². The lowest BCUT2D eigenvalue weighted by Gasteiger charge is -2.43. The second kappa shape index (κ2) is 6.06. The minimum atomic E-state index is 0.227. The summed E-state index contributed by atoms with van der Waals surface area (Å²) in [6, 6.07) is 11.1. The normalized spacial score (nSPS) is 23.1. The number of carbonyl (C=O) groups excluding carboxylic acids is 1. The Labute approximate surface area is 127 Å². The van der Waals surface area contributed by atoms with Gasteiger partial charge in [-0.1, -0.05) is 30.3 Å². The summed E-state index contributed by atoms with van der Waals surface area (Å²) < 4.78 is 0. The van der Waals surface area contributed by atoms with Crippen LogP contribution in [-0.2, 0) is 0 Å². The first-order valence-electron chi connectivity index (χ1n) is 7.98. The van der Waals surface area contributed by atoms with E-state index < -0.39 is 0 Å². The van der Waals surface area contributed by atoms with Crippen molar-refractivity contribution in [2.45, 2.75) is 25.3 Å². The SMILES string of the molecule is CCN(C(=O)N1CC(c2ccccc2)C1)[C@@H]1CCN(C)C1. The van der Waals surface area contributed by atoms with Gasteiger partial charge in [-0.3, -0.25) is 0 Å². The summed E-state index contributed by atoms with van der Waals surface area (Å²) in [6.07, 6.45) is 1.10. The van der Waals surface area contributed by atoms with Crippen LogP contribution in [0.4, 0.5) is 4.79 Å². The lowest BCUT2D eigenvalue weighted by Crippen LogP contribution is -2.56. The van der Waals surface area contributed by atoms with Crippen molar-refractivity contribution in [2.24, 2.45) is 0 Å². The minimum Gasteiger partial charge on any atom is -0.323 e. The van der Waals surface area contributed by atoms with Crippen molar-refractivity contribution in [3.05, 3.63) is 35.9 Å². The van der Waals surface area contributed by atoms with E-state index in [9.17, 15) is 4.79 Å². The maximum atomic E-state index is 12.7. The quantitative estimate of drug-likeness (QED) is 0.852. The molecule has 0 aromatic heterocycles. The number of likely N-dealkylation sites (N-methyl/N-ethyl adjacent to an activating group) is 2. The van der Waals surface area contributed by atoms with Gasteiger partial charge >= 0.3 is 6.03 Å². The van der Waals surface area contributed by atoms with Gasteiger partial charge in [0.15, 0.2) is 0 Å². The summed E-state index contributed by atoms with van der Waals surface area (Å²) in [5, 5.41) is 0. The van der Waals surface area contributed by atoms with Crippen LogP contribution in [-0.4, -0.2) is 66.5 Å². The third-order valence-electron chi connectivity index (χ3n) is 4.82. The van der Waals surface area contributed by atoms with E-state index in [1.165, 1.54) is 5.56 Å². The summed E-state index contributed by atoms with van der Waals surface area (Å²) in [7, 11) is 2.13. The molecule has 3 rings (SSSR count). The van der Waals surface area contributed by atoms with Gasteiger partial charge in [-0.2, -0.15) is 0 Å². The zero-order valence-electron chi connectivity index (χ0n) is 13.0. The lowest BCUT2D eigenvalue weighted by molar-refractivity contribution is 0.102. The first-order valence-corrected chi connectivity index (χ1v) is 7.98. The molecular formula is C17H25N3O. The molecule has 1 atom stereocenters. The highest BCUT2D eigenvalue weighted by atomic mass is 16.2. The maximum Gasteiger partial charge on any atom is 0.320 e. The van der Waals surface area contributed by atoms with Crippen molar-refractivity contribution in [2.75, 3.05) is 39.8 Å². The standard InChI is InChI=1S/C17H25N3O/c1-3-20(16-9-10-18(2)13-16)17(21)19-11-15(12-19)14-7-5-4-6-8-14/h4-8,15-16H,3,9-13H2,1-2H3/t16-/m1/s1. The molecule has 1 aromatic carbocycles. The number of carbonyl (C=O) groups is 1. The fourth-order valence-corrected chi connectivity index (χ4v) is 3.47. The third-order valence-corrected chi connectivity index (χ3v) is 4.82. The molecule has 2 aliphatic heterocycles. The predicted molar refractivity (Wildman–Crippen MR) is 84.4 cm³/mol. The monoisotopic (exact) mass is 287 g/mol. The highest BCUT2D eigenvalue weighted by Gasteiger charge is 2.37. The van der Waals surface area contributed by atoms with Crippen LogP contribution in [0.2, 0.25) is 0 Å². The Morgan fingerprint density at radius 1 is 1.24 bits per heavy atom. The molecule has 21 heavy (non-hydrogen) atoms. The topological polar surface area (TPSA) is 26.8 Å². The van der Waals surface area contributed by atoms with Crippen LogP contribution in [0.15, 0.2) is 30.3 Å². The first-order chi connectivity index (χ1) is 10.2. The number of benzene rings is 1. The fourth-order valence-electron chi connectivity index (χ4n) is 3.47. The average molecular weight is 287 g/mol. The van der Waals surface area contributed by atoms with Crippen LogP contribution in [0, 0.1) is 0 Å². The van der Waals surface area contributed by atoms with Gasteiger partial charge in [-0.15, -0.1) is 0 Å².